The first-order chi connectivity index (χ1) is 10.5. The topological polar surface area (TPSA) is 95.6 Å². The number of hydrogen-bond donors (Lipinski definition) is 2. The first kappa shape index (κ1) is 15.7. The lowest BCUT2D eigenvalue weighted by molar-refractivity contribution is -0.136. The van der Waals surface area contributed by atoms with Gasteiger partial charge in [0.1, 0.15) is 6.04 Å². The number of likely N-dealkylation sites (N-methyl/N-ethyl adjacent to an activating group) is 1. The van der Waals surface area contributed by atoms with Crippen LogP contribution in [0, 0.1) is 0 Å². The molecule has 2 rings (SSSR count). The number of amides is 3. The zero-order chi connectivity index (χ0) is 16.3. The van der Waals surface area contributed by atoms with Crippen LogP contribution in [-0.4, -0.2) is 49.0 Å². The molecule has 0 spiro atoms. The third-order valence-corrected chi connectivity index (χ3v) is 3.70. The van der Waals surface area contributed by atoms with Crippen molar-refractivity contribution in [3.05, 3.63) is 29.3 Å². The molecule has 2 N–H and O–H groups in total. The molecule has 1 atom stereocenters. The van der Waals surface area contributed by atoms with Gasteiger partial charge in [-0.3, -0.25) is 24.5 Å². The van der Waals surface area contributed by atoms with E-state index >= 15 is 0 Å². The molecule has 22 heavy (non-hydrogen) atoms. The molecule has 0 aromatic heterocycles. The molecule has 1 unspecified atom stereocenters. The van der Waals surface area contributed by atoms with Gasteiger partial charge in [0.2, 0.25) is 11.8 Å². The second-order valence-corrected chi connectivity index (χ2v) is 5.02. The van der Waals surface area contributed by atoms with Crippen molar-refractivity contribution < 1.29 is 19.2 Å². The van der Waals surface area contributed by atoms with Gasteiger partial charge in [-0.25, -0.2) is 0 Å². The van der Waals surface area contributed by atoms with Gasteiger partial charge in [0, 0.05) is 31.8 Å². The van der Waals surface area contributed by atoms with Crippen molar-refractivity contribution in [1.29, 1.82) is 0 Å². The summed E-state index contributed by atoms with van der Waals surface area (Å²) in [7, 11) is 3.13. The summed E-state index contributed by atoms with van der Waals surface area (Å²) in [5.41, 5.74) is 0.969. The van der Waals surface area contributed by atoms with Gasteiger partial charge in [0.25, 0.3) is 5.91 Å². The highest BCUT2D eigenvalue weighted by Crippen LogP contribution is 2.22. The molecule has 3 amide bonds. The van der Waals surface area contributed by atoms with E-state index in [1.807, 2.05) is 0 Å². The lowest BCUT2D eigenvalue weighted by Gasteiger charge is -2.30. The van der Waals surface area contributed by atoms with Crippen LogP contribution < -0.4 is 10.6 Å². The van der Waals surface area contributed by atoms with Crippen LogP contribution in [0.4, 0.5) is 5.69 Å². The van der Waals surface area contributed by atoms with E-state index < -0.39 is 17.9 Å². The van der Waals surface area contributed by atoms with E-state index in [1.54, 1.807) is 25.2 Å². The number of aldehydes is 1. The Hall–Kier alpha value is -2.70. The maximum atomic E-state index is 12.7. The standard InChI is InChI=1S/C15H17N3O4/c1-16-10-5-3-4-9(8-19)13(10)15(22)18(2)11-6-7-12(20)17-14(11)21/h3-5,8,11,16H,6-7H2,1-2H3,(H,17,20,21). The number of nitrogens with one attached hydrogen (secondary N) is 2. The maximum absolute atomic E-state index is 12.7. The minimum Gasteiger partial charge on any atom is -0.387 e. The summed E-state index contributed by atoms with van der Waals surface area (Å²) in [6, 6.07) is 4.16. The zero-order valence-corrected chi connectivity index (χ0v) is 12.4. The SMILES string of the molecule is CNc1cccc(C=O)c1C(=O)N(C)C1CCC(=O)NC1=O. The molecule has 7 nitrogen and oxygen atoms in total. The predicted molar refractivity (Wildman–Crippen MR) is 79.6 cm³/mol. The van der Waals surface area contributed by atoms with E-state index in [9.17, 15) is 19.2 Å². The Bertz CT molecular complexity index is 642. The van der Waals surface area contributed by atoms with Crippen molar-refractivity contribution in [1.82, 2.24) is 10.2 Å². The Kier molecular flexibility index (Phi) is 4.55. The lowest BCUT2D eigenvalue weighted by Crippen LogP contribution is -2.53. The fraction of sp³-hybridized carbons (Fsp3) is 0.333. The highest BCUT2D eigenvalue weighted by atomic mass is 16.2. The van der Waals surface area contributed by atoms with Gasteiger partial charge in [0.05, 0.1) is 5.56 Å². The van der Waals surface area contributed by atoms with E-state index in [1.165, 1.54) is 11.9 Å². The number of benzene rings is 1. The Morgan fingerprint density at radius 3 is 2.73 bits per heavy atom. The number of carbonyl (C=O) groups excluding carboxylic acids is 4. The summed E-state index contributed by atoms with van der Waals surface area (Å²) < 4.78 is 0. The highest BCUT2D eigenvalue weighted by Gasteiger charge is 2.33. The fourth-order valence-corrected chi connectivity index (χ4v) is 2.48. The van der Waals surface area contributed by atoms with Crippen LogP contribution in [-0.2, 0) is 9.59 Å². The summed E-state index contributed by atoms with van der Waals surface area (Å²) in [4.78, 5) is 48.2. The van der Waals surface area contributed by atoms with E-state index in [4.69, 9.17) is 0 Å². The van der Waals surface area contributed by atoms with E-state index in [2.05, 4.69) is 10.6 Å². The number of nitrogens with zero attached hydrogens (tertiary/aromatic N) is 1. The number of piperidine rings is 1. The van der Waals surface area contributed by atoms with Crippen LogP contribution in [0.2, 0.25) is 0 Å². The second-order valence-electron chi connectivity index (χ2n) is 5.02. The van der Waals surface area contributed by atoms with Crippen molar-refractivity contribution >= 4 is 29.7 Å². The fourth-order valence-electron chi connectivity index (χ4n) is 2.48. The van der Waals surface area contributed by atoms with Crippen LogP contribution in [0.3, 0.4) is 0 Å². The van der Waals surface area contributed by atoms with Crippen LogP contribution in [0.25, 0.3) is 0 Å². The van der Waals surface area contributed by atoms with E-state index in [0.717, 1.165) is 0 Å². The molecule has 1 fully saturated rings. The molecule has 1 aliphatic heterocycles. The summed E-state index contributed by atoms with van der Waals surface area (Å²) in [5, 5.41) is 5.08. The average Bonchev–Trinajstić information content (AvgIpc) is 2.52. The van der Waals surface area contributed by atoms with Crippen LogP contribution in [0.15, 0.2) is 18.2 Å². The molecule has 0 saturated carbocycles. The maximum Gasteiger partial charge on any atom is 0.257 e. The van der Waals surface area contributed by atoms with Gasteiger partial charge in [-0.05, 0) is 12.5 Å². The van der Waals surface area contributed by atoms with Gasteiger partial charge >= 0.3 is 0 Å². The molecule has 1 heterocycles. The van der Waals surface area contributed by atoms with Crippen molar-refractivity contribution in [2.75, 3.05) is 19.4 Å². The van der Waals surface area contributed by atoms with Crippen molar-refractivity contribution in [2.45, 2.75) is 18.9 Å². The summed E-state index contributed by atoms with van der Waals surface area (Å²) in [6.45, 7) is 0. The molecule has 1 aromatic rings. The minimum absolute atomic E-state index is 0.183. The molecule has 116 valence electrons. The number of hydrogen-bond acceptors (Lipinski definition) is 5. The van der Waals surface area contributed by atoms with Crippen LogP contribution >= 0.6 is 0 Å². The van der Waals surface area contributed by atoms with Gasteiger partial charge in [-0.15, -0.1) is 0 Å². The Labute approximate surface area is 127 Å². The molecule has 1 aromatic carbocycles. The first-order valence-electron chi connectivity index (χ1n) is 6.86. The third kappa shape index (κ3) is 2.83. The number of rotatable bonds is 4. The summed E-state index contributed by atoms with van der Waals surface area (Å²) in [5.74, 6) is -1.28. The van der Waals surface area contributed by atoms with Crippen molar-refractivity contribution in [3.63, 3.8) is 0 Å². The quantitative estimate of drug-likeness (QED) is 0.621. The lowest BCUT2D eigenvalue weighted by atomic mass is 10.0. The predicted octanol–water partition coefficient (Wildman–Crippen LogP) is 0.418. The monoisotopic (exact) mass is 303 g/mol. The van der Waals surface area contributed by atoms with Crippen LogP contribution in [0.1, 0.15) is 33.6 Å². The average molecular weight is 303 g/mol. The molecule has 0 radical (unpaired) electrons. The first-order valence-corrected chi connectivity index (χ1v) is 6.86. The second kappa shape index (κ2) is 6.38. The molecular weight excluding hydrogens is 286 g/mol. The molecule has 0 bridgehead atoms. The zero-order valence-electron chi connectivity index (χ0n) is 12.4. The van der Waals surface area contributed by atoms with Gasteiger partial charge < -0.3 is 10.2 Å². The minimum atomic E-state index is -0.727. The van der Waals surface area contributed by atoms with E-state index in [0.29, 0.717) is 12.0 Å². The van der Waals surface area contributed by atoms with Gasteiger partial charge in [-0.2, -0.15) is 0 Å². The van der Waals surface area contributed by atoms with Crippen LogP contribution in [0.5, 0.6) is 0 Å². The molecule has 1 saturated heterocycles. The van der Waals surface area contributed by atoms with E-state index in [-0.39, 0.29) is 29.9 Å². The molecule has 0 aliphatic carbocycles. The van der Waals surface area contributed by atoms with Gasteiger partial charge in [-0.1, -0.05) is 12.1 Å². The Morgan fingerprint density at radius 2 is 2.14 bits per heavy atom. The van der Waals surface area contributed by atoms with Crippen molar-refractivity contribution in [2.24, 2.45) is 0 Å². The third-order valence-electron chi connectivity index (χ3n) is 3.70. The Balaban J connectivity index is 2.33. The number of carbonyl (C=O) groups is 4. The molecule has 1 aliphatic rings. The van der Waals surface area contributed by atoms with Gasteiger partial charge in [0.15, 0.2) is 6.29 Å². The molecule has 7 heteroatoms. The summed E-state index contributed by atoms with van der Waals surface area (Å²) in [6.07, 6.45) is 1.06. The molecular formula is C15H17N3O4. The summed E-state index contributed by atoms with van der Waals surface area (Å²) >= 11 is 0. The van der Waals surface area contributed by atoms with Crippen molar-refractivity contribution in [3.8, 4) is 0 Å². The number of anilines is 1. The smallest absolute Gasteiger partial charge is 0.257 e. The Morgan fingerprint density at radius 1 is 1.41 bits per heavy atom. The number of imide groups is 1. The largest absolute Gasteiger partial charge is 0.387 e. The highest BCUT2D eigenvalue weighted by molar-refractivity contribution is 6.08. The normalized spacial score (nSPS) is 17.6.